The third kappa shape index (κ3) is 5.85. The Hall–Kier alpha value is -2.11. The Labute approximate surface area is 112 Å². The van der Waals surface area contributed by atoms with Crippen LogP contribution in [0.25, 0.3) is 0 Å². The quantitative estimate of drug-likeness (QED) is 0.746. The van der Waals surface area contributed by atoms with Gasteiger partial charge in [0.2, 0.25) is 11.8 Å². The molecule has 0 saturated carbocycles. The van der Waals surface area contributed by atoms with Crippen molar-refractivity contribution >= 4 is 11.9 Å². The van der Waals surface area contributed by atoms with Gasteiger partial charge in [-0.3, -0.25) is 9.59 Å². The van der Waals surface area contributed by atoms with E-state index in [0.29, 0.717) is 25.3 Å². The molecule has 104 valence electrons. The molecule has 1 aromatic heterocycles. The topological polar surface area (TPSA) is 77.5 Å². The Bertz CT molecular complexity index is 434. The lowest BCUT2D eigenvalue weighted by atomic mass is 10.2. The summed E-state index contributed by atoms with van der Waals surface area (Å²) in [7, 11) is 2.87. The molecule has 0 unspecified atom stereocenters. The number of esters is 1. The van der Waals surface area contributed by atoms with Gasteiger partial charge < -0.3 is 14.8 Å². The van der Waals surface area contributed by atoms with Crippen LogP contribution in [0.4, 0.5) is 0 Å². The van der Waals surface area contributed by atoms with E-state index in [1.807, 2.05) is 0 Å². The molecule has 6 heteroatoms. The van der Waals surface area contributed by atoms with Crippen LogP contribution in [0.3, 0.4) is 0 Å². The predicted molar refractivity (Wildman–Crippen MR) is 68.5 cm³/mol. The van der Waals surface area contributed by atoms with E-state index in [1.54, 1.807) is 18.3 Å². The lowest BCUT2D eigenvalue weighted by Crippen LogP contribution is -2.22. The van der Waals surface area contributed by atoms with Crippen molar-refractivity contribution in [3.8, 4) is 5.88 Å². The molecule has 1 amide bonds. The van der Waals surface area contributed by atoms with E-state index in [1.165, 1.54) is 14.2 Å². The summed E-state index contributed by atoms with van der Waals surface area (Å²) in [6.07, 6.45) is 2.67. The minimum atomic E-state index is -0.299. The average molecular weight is 266 g/mol. The second-order valence-electron chi connectivity index (χ2n) is 3.91. The van der Waals surface area contributed by atoms with Gasteiger partial charge in [-0.1, -0.05) is 0 Å². The van der Waals surface area contributed by atoms with Crippen LogP contribution in [0.1, 0.15) is 24.8 Å². The molecule has 1 N–H and O–H groups in total. The van der Waals surface area contributed by atoms with Gasteiger partial charge in [0.15, 0.2) is 0 Å². The van der Waals surface area contributed by atoms with Crippen molar-refractivity contribution in [2.45, 2.75) is 25.8 Å². The van der Waals surface area contributed by atoms with E-state index in [0.717, 1.165) is 5.56 Å². The Kier molecular flexibility index (Phi) is 6.35. The zero-order valence-corrected chi connectivity index (χ0v) is 11.1. The van der Waals surface area contributed by atoms with Crippen molar-refractivity contribution in [2.24, 2.45) is 0 Å². The van der Waals surface area contributed by atoms with Crippen LogP contribution in [0, 0.1) is 0 Å². The molecule has 1 heterocycles. The summed E-state index contributed by atoms with van der Waals surface area (Å²) in [4.78, 5) is 26.4. The molecule has 19 heavy (non-hydrogen) atoms. The highest BCUT2D eigenvalue weighted by atomic mass is 16.5. The van der Waals surface area contributed by atoms with Gasteiger partial charge in [-0.15, -0.1) is 0 Å². The number of carbonyl (C=O) groups is 2. The van der Waals surface area contributed by atoms with Gasteiger partial charge in [-0.05, 0) is 18.1 Å². The minimum absolute atomic E-state index is 0.0975. The number of nitrogens with zero attached hydrogens (tertiary/aromatic N) is 1. The highest BCUT2D eigenvalue weighted by molar-refractivity contribution is 5.76. The number of pyridine rings is 1. The molecular weight excluding hydrogens is 248 g/mol. The fourth-order valence-corrected chi connectivity index (χ4v) is 1.46. The summed E-state index contributed by atoms with van der Waals surface area (Å²) < 4.78 is 9.49. The first-order valence-electron chi connectivity index (χ1n) is 5.98. The summed E-state index contributed by atoms with van der Waals surface area (Å²) in [5, 5.41) is 2.77. The van der Waals surface area contributed by atoms with E-state index in [2.05, 4.69) is 15.0 Å². The number of aromatic nitrogens is 1. The molecule has 0 spiro atoms. The molecule has 0 aliphatic carbocycles. The number of nitrogens with one attached hydrogen (secondary N) is 1. The third-order valence-electron chi connectivity index (χ3n) is 2.51. The molecule has 0 atom stereocenters. The largest absolute Gasteiger partial charge is 0.481 e. The van der Waals surface area contributed by atoms with Crippen molar-refractivity contribution in [1.29, 1.82) is 0 Å². The zero-order chi connectivity index (χ0) is 14.1. The van der Waals surface area contributed by atoms with Crippen LogP contribution in [0.15, 0.2) is 18.3 Å². The molecule has 0 aliphatic heterocycles. The van der Waals surface area contributed by atoms with Crippen molar-refractivity contribution in [1.82, 2.24) is 10.3 Å². The Morgan fingerprint density at radius 2 is 2.11 bits per heavy atom. The van der Waals surface area contributed by atoms with Crippen LogP contribution in [0.2, 0.25) is 0 Å². The first kappa shape index (κ1) is 14.9. The standard InChI is InChI=1S/C13H18N2O4/c1-18-12-8-10(6-7-14-12)9-15-11(16)4-3-5-13(17)19-2/h6-8H,3-5,9H2,1-2H3,(H,15,16). The monoisotopic (exact) mass is 266 g/mol. The van der Waals surface area contributed by atoms with Crippen molar-refractivity contribution in [3.05, 3.63) is 23.9 Å². The van der Waals surface area contributed by atoms with E-state index in [4.69, 9.17) is 4.74 Å². The zero-order valence-electron chi connectivity index (χ0n) is 11.1. The SMILES string of the molecule is COC(=O)CCCC(=O)NCc1ccnc(OC)c1. The number of rotatable bonds is 7. The smallest absolute Gasteiger partial charge is 0.305 e. The van der Waals surface area contributed by atoms with Crippen LogP contribution < -0.4 is 10.1 Å². The Morgan fingerprint density at radius 1 is 1.32 bits per heavy atom. The number of amides is 1. The number of methoxy groups -OCH3 is 2. The average Bonchev–Trinajstić information content (AvgIpc) is 2.45. The highest BCUT2D eigenvalue weighted by Gasteiger charge is 2.05. The summed E-state index contributed by atoms with van der Waals surface area (Å²) in [6.45, 7) is 0.413. The molecule has 0 aliphatic rings. The van der Waals surface area contributed by atoms with Gasteiger partial charge in [-0.2, -0.15) is 0 Å². The molecule has 0 aromatic carbocycles. The van der Waals surface area contributed by atoms with Gasteiger partial charge >= 0.3 is 5.97 Å². The number of hydrogen-bond donors (Lipinski definition) is 1. The van der Waals surface area contributed by atoms with Crippen LogP contribution >= 0.6 is 0 Å². The van der Waals surface area contributed by atoms with Crippen LogP contribution in [0.5, 0.6) is 5.88 Å². The molecule has 0 radical (unpaired) electrons. The fraction of sp³-hybridized carbons (Fsp3) is 0.462. The molecule has 1 rings (SSSR count). The molecule has 6 nitrogen and oxygen atoms in total. The first-order valence-corrected chi connectivity index (χ1v) is 5.98. The van der Waals surface area contributed by atoms with Gasteiger partial charge in [-0.25, -0.2) is 4.98 Å². The maximum Gasteiger partial charge on any atom is 0.305 e. The highest BCUT2D eigenvalue weighted by Crippen LogP contribution is 2.08. The predicted octanol–water partition coefficient (Wildman–Crippen LogP) is 1.05. The second-order valence-corrected chi connectivity index (χ2v) is 3.91. The molecule has 1 aromatic rings. The normalized spacial score (nSPS) is 9.79. The summed E-state index contributed by atoms with van der Waals surface area (Å²) in [5.41, 5.74) is 0.910. The van der Waals surface area contributed by atoms with Crippen molar-refractivity contribution in [3.63, 3.8) is 0 Å². The molecular formula is C13H18N2O4. The van der Waals surface area contributed by atoms with Crippen molar-refractivity contribution < 1.29 is 19.1 Å². The lowest BCUT2D eigenvalue weighted by molar-refractivity contribution is -0.140. The maximum atomic E-state index is 11.5. The van der Waals surface area contributed by atoms with Crippen LogP contribution in [-0.2, 0) is 20.9 Å². The lowest BCUT2D eigenvalue weighted by Gasteiger charge is -2.06. The Balaban J connectivity index is 2.27. The summed E-state index contributed by atoms with van der Waals surface area (Å²) >= 11 is 0. The van der Waals surface area contributed by atoms with Gasteiger partial charge in [0.1, 0.15) is 0 Å². The van der Waals surface area contributed by atoms with E-state index < -0.39 is 0 Å². The number of carbonyl (C=O) groups excluding carboxylic acids is 2. The molecule has 0 bridgehead atoms. The summed E-state index contributed by atoms with van der Waals surface area (Å²) in [5.74, 6) is 0.115. The van der Waals surface area contributed by atoms with Gasteiger partial charge in [0.05, 0.1) is 14.2 Å². The van der Waals surface area contributed by atoms with Gasteiger partial charge in [0.25, 0.3) is 0 Å². The maximum absolute atomic E-state index is 11.5. The molecule has 0 fully saturated rings. The fourth-order valence-electron chi connectivity index (χ4n) is 1.46. The second kappa shape index (κ2) is 8.07. The Morgan fingerprint density at radius 3 is 2.79 bits per heavy atom. The van der Waals surface area contributed by atoms with Crippen LogP contribution in [-0.4, -0.2) is 31.1 Å². The van der Waals surface area contributed by atoms with E-state index >= 15 is 0 Å². The van der Waals surface area contributed by atoms with E-state index in [-0.39, 0.29) is 18.3 Å². The minimum Gasteiger partial charge on any atom is -0.481 e. The number of hydrogen-bond acceptors (Lipinski definition) is 5. The van der Waals surface area contributed by atoms with Crippen molar-refractivity contribution in [2.75, 3.05) is 14.2 Å². The third-order valence-corrected chi connectivity index (χ3v) is 2.51. The summed E-state index contributed by atoms with van der Waals surface area (Å²) in [6, 6.07) is 3.56. The first-order chi connectivity index (χ1) is 9.15. The number of ether oxygens (including phenoxy) is 2. The molecule has 0 saturated heterocycles. The van der Waals surface area contributed by atoms with Gasteiger partial charge in [0, 0.05) is 31.6 Å². The van der Waals surface area contributed by atoms with E-state index in [9.17, 15) is 9.59 Å².